The van der Waals surface area contributed by atoms with Crippen LogP contribution in [0, 0.1) is 0 Å². The molecule has 0 radical (unpaired) electrons. The number of rotatable bonds is 7. The Morgan fingerprint density at radius 1 is 1.05 bits per heavy atom. The Morgan fingerprint density at radius 2 is 1.86 bits per heavy atom. The van der Waals surface area contributed by atoms with Crippen molar-refractivity contribution in [2.24, 2.45) is 0 Å². The summed E-state index contributed by atoms with van der Waals surface area (Å²) in [6.07, 6.45) is 3.12. The maximum Gasteiger partial charge on any atom is 0.257 e. The smallest absolute Gasteiger partial charge is 0.257 e. The van der Waals surface area contributed by atoms with E-state index in [0.717, 1.165) is 24.7 Å². The Balaban J connectivity index is 1.52. The Kier molecular flexibility index (Phi) is 7.36. The average molecular weight is 594 g/mol. The first-order chi connectivity index (χ1) is 17.9. The van der Waals surface area contributed by atoms with Crippen LogP contribution in [0.4, 0.5) is 16.6 Å². The van der Waals surface area contributed by atoms with E-state index in [1.165, 1.54) is 29.4 Å². The molecule has 3 aromatic heterocycles. The fourth-order valence-electron chi connectivity index (χ4n) is 3.49. The predicted molar refractivity (Wildman–Crippen MR) is 151 cm³/mol. The van der Waals surface area contributed by atoms with Crippen LogP contribution in [-0.4, -0.2) is 30.9 Å². The Hall–Kier alpha value is -3.54. The molecule has 1 amide bonds. The van der Waals surface area contributed by atoms with Gasteiger partial charge in [0.25, 0.3) is 5.91 Å². The molecule has 0 fully saturated rings. The summed E-state index contributed by atoms with van der Waals surface area (Å²) in [5.41, 5.74) is 2.70. The van der Waals surface area contributed by atoms with E-state index in [-0.39, 0.29) is 17.6 Å². The molecule has 8 nitrogen and oxygen atoms in total. The first-order valence-corrected chi connectivity index (χ1v) is 13.7. The van der Waals surface area contributed by atoms with Gasteiger partial charge in [-0.1, -0.05) is 36.9 Å². The third-order valence-electron chi connectivity index (χ3n) is 5.37. The average Bonchev–Trinajstić information content (AvgIpc) is 3.30. The van der Waals surface area contributed by atoms with Crippen LogP contribution in [0.25, 0.3) is 11.0 Å². The van der Waals surface area contributed by atoms with Gasteiger partial charge in [0.1, 0.15) is 17.9 Å². The lowest BCUT2D eigenvalue weighted by atomic mass is 10.1. The summed E-state index contributed by atoms with van der Waals surface area (Å²) in [4.78, 5) is 32.5. The molecular weight excluding hydrogens is 572 g/mol. The SMILES string of the molecule is CC(C)c1ccc2c(Nc3cc(C(=O)Nc4ncc(Br)s4)ccc3Sc3ccc(O)cc3)ncnc2n1. The number of phenolic OH excluding ortho intramolecular Hbond substituents is 1. The van der Waals surface area contributed by atoms with E-state index in [9.17, 15) is 9.90 Å². The highest BCUT2D eigenvalue weighted by Crippen LogP contribution is 2.37. The molecule has 0 atom stereocenters. The van der Waals surface area contributed by atoms with Gasteiger partial charge in [-0.05, 0) is 76.4 Å². The lowest BCUT2D eigenvalue weighted by Crippen LogP contribution is -2.12. The predicted octanol–water partition coefficient (Wildman–Crippen LogP) is 7.22. The van der Waals surface area contributed by atoms with Crippen LogP contribution in [0.15, 0.2) is 80.7 Å². The first-order valence-electron chi connectivity index (χ1n) is 11.3. The zero-order chi connectivity index (χ0) is 25.9. The van der Waals surface area contributed by atoms with Crippen molar-refractivity contribution >= 4 is 72.6 Å². The van der Waals surface area contributed by atoms with E-state index in [2.05, 4.69) is 60.3 Å². The largest absolute Gasteiger partial charge is 0.508 e. The second-order valence-corrected chi connectivity index (χ2v) is 11.9. The minimum Gasteiger partial charge on any atom is -0.508 e. The number of hydrogen-bond acceptors (Lipinski definition) is 9. The molecule has 2 aromatic carbocycles. The molecule has 0 aliphatic carbocycles. The van der Waals surface area contributed by atoms with Crippen LogP contribution in [-0.2, 0) is 0 Å². The molecule has 0 spiro atoms. The fraction of sp³-hybridized carbons (Fsp3) is 0.115. The highest BCUT2D eigenvalue weighted by Gasteiger charge is 2.15. The van der Waals surface area contributed by atoms with Gasteiger partial charge in [0, 0.05) is 21.0 Å². The van der Waals surface area contributed by atoms with E-state index < -0.39 is 0 Å². The van der Waals surface area contributed by atoms with Gasteiger partial charge in [-0.25, -0.2) is 19.9 Å². The molecule has 0 unspecified atom stereocenters. The van der Waals surface area contributed by atoms with E-state index in [1.807, 2.05) is 30.3 Å². The van der Waals surface area contributed by atoms with Crippen LogP contribution in [0.3, 0.4) is 0 Å². The van der Waals surface area contributed by atoms with Crippen molar-refractivity contribution in [2.75, 3.05) is 10.6 Å². The molecule has 3 N–H and O–H groups in total. The zero-order valence-electron chi connectivity index (χ0n) is 19.8. The molecule has 0 saturated heterocycles. The number of phenols is 1. The van der Waals surface area contributed by atoms with E-state index in [0.29, 0.717) is 27.8 Å². The number of carbonyl (C=O) groups is 1. The summed E-state index contributed by atoms with van der Waals surface area (Å²) in [5, 5.41) is 17.2. The van der Waals surface area contributed by atoms with Gasteiger partial charge < -0.3 is 10.4 Å². The lowest BCUT2D eigenvalue weighted by Gasteiger charge is -2.15. The molecule has 0 aliphatic rings. The van der Waals surface area contributed by atoms with Gasteiger partial charge >= 0.3 is 0 Å². The molecule has 0 aliphatic heterocycles. The van der Waals surface area contributed by atoms with Gasteiger partial charge in [-0.3, -0.25) is 10.1 Å². The summed E-state index contributed by atoms with van der Waals surface area (Å²) in [5.74, 6) is 0.783. The molecule has 186 valence electrons. The van der Waals surface area contributed by atoms with Gasteiger partial charge in [0.05, 0.1) is 21.1 Å². The quantitative estimate of drug-likeness (QED) is 0.181. The topological polar surface area (TPSA) is 113 Å². The van der Waals surface area contributed by atoms with Crippen LogP contribution in [0.2, 0.25) is 0 Å². The van der Waals surface area contributed by atoms with Crippen molar-refractivity contribution in [3.05, 3.63) is 82.2 Å². The highest BCUT2D eigenvalue weighted by atomic mass is 79.9. The van der Waals surface area contributed by atoms with Crippen molar-refractivity contribution in [2.45, 2.75) is 29.6 Å². The molecule has 37 heavy (non-hydrogen) atoms. The number of thiazole rings is 1. The van der Waals surface area contributed by atoms with Crippen LogP contribution < -0.4 is 10.6 Å². The third kappa shape index (κ3) is 5.90. The fourth-order valence-corrected chi connectivity index (χ4v) is 5.47. The van der Waals surface area contributed by atoms with Crippen molar-refractivity contribution < 1.29 is 9.90 Å². The number of fused-ring (bicyclic) bond motifs is 1. The number of amides is 1. The van der Waals surface area contributed by atoms with Crippen molar-refractivity contribution in [1.29, 1.82) is 0 Å². The maximum absolute atomic E-state index is 13.0. The Bertz CT molecular complexity index is 1590. The van der Waals surface area contributed by atoms with Crippen molar-refractivity contribution in [3.63, 3.8) is 0 Å². The van der Waals surface area contributed by atoms with Crippen LogP contribution in [0.1, 0.15) is 35.8 Å². The summed E-state index contributed by atoms with van der Waals surface area (Å²) >= 11 is 6.20. The molecule has 5 aromatic rings. The number of anilines is 3. The van der Waals surface area contributed by atoms with Gasteiger partial charge in [0.15, 0.2) is 10.8 Å². The second-order valence-electron chi connectivity index (χ2n) is 8.34. The third-order valence-corrected chi connectivity index (χ3v) is 7.84. The molecule has 5 rings (SSSR count). The number of nitrogens with one attached hydrogen (secondary N) is 2. The summed E-state index contributed by atoms with van der Waals surface area (Å²) in [6, 6.07) is 16.3. The number of pyridine rings is 1. The number of aromatic hydroxyl groups is 1. The standard InChI is InChI=1S/C26H21BrN6O2S2/c1-14(2)19-9-8-18-23(31-19)29-13-30-24(18)32-20-11-15(25(35)33-26-28-12-22(27)37-26)3-10-21(20)36-17-6-4-16(34)5-7-17/h3-14,34H,1-2H3,(H,28,33,35)(H,29,30,31,32). The van der Waals surface area contributed by atoms with Crippen molar-refractivity contribution in [1.82, 2.24) is 19.9 Å². The molecule has 3 heterocycles. The maximum atomic E-state index is 13.0. The molecule has 0 bridgehead atoms. The van der Waals surface area contributed by atoms with Crippen LogP contribution in [0.5, 0.6) is 5.75 Å². The zero-order valence-corrected chi connectivity index (χ0v) is 23.0. The monoisotopic (exact) mass is 592 g/mol. The molecule has 11 heteroatoms. The van der Waals surface area contributed by atoms with Crippen LogP contribution >= 0.6 is 39.0 Å². The van der Waals surface area contributed by atoms with E-state index in [1.54, 1.807) is 30.5 Å². The summed E-state index contributed by atoms with van der Waals surface area (Å²) < 4.78 is 0.829. The number of hydrogen-bond donors (Lipinski definition) is 3. The number of halogens is 1. The second kappa shape index (κ2) is 10.8. The van der Waals surface area contributed by atoms with Gasteiger partial charge in [-0.15, -0.1) is 0 Å². The number of aromatic nitrogens is 4. The minimum atomic E-state index is -0.276. The lowest BCUT2D eigenvalue weighted by molar-refractivity contribution is 0.102. The summed E-state index contributed by atoms with van der Waals surface area (Å²) in [6.45, 7) is 4.17. The van der Waals surface area contributed by atoms with Gasteiger partial charge in [-0.2, -0.15) is 0 Å². The van der Waals surface area contributed by atoms with E-state index in [4.69, 9.17) is 0 Å². The molecule has 0 saturated carbocycles. The summed E-state index contributed by atoms with van der Waals surface area (Å²) in [7, 11) is 0. The van der Waals surface area contributed by atoms with E-state index >= 15 is 0 Å². The highest BCUT2D eigenvalue weighted by molar-refractivity contribution is 9.11. The Labute approximate surface area is 229 Å². The minimum absolute atomic E-state index is 0.198. The number of carbonyl (C=O) groups excluding carboxylic acids is 1. The van der Waals surface area contributed by atoms with Gasteiger partial charge in [0.2, 0.25) is 0 Å². The first kappa shape index (κ1) is 25.1. The number of benzene rings is 2. The van der Waals surface area contributed by atoms with Crippen molar-refractivity contribution in [3.8, 4) is 5.75 Å². The number of nitrogens with zero attached hydrogens (tertiary/aromatic N) is 4. The normalized spacial score (nSPS) is 11.1. The molecular formula is C26H21BrN6O2S2. The Morgan fingerprint density at radius 3 is 2.59 bits per heavy atom.